The van der Waals surface area contributed by atoms with Crippen molar-refractivity contribution in [1.29, 1.82) is 0 Å². The predicted molar refractivity (Wildman–Crippen MR) is 109 cm³/mol. The number of aryl methyl sites for hydroxylation is 1. The van der Waals surface area contributed by atoms with E-state index in [4.69, 9.17) is 0 Å². The summed E-state index contributed by atoms with van der Waals surface area (Å²) >= 11 is 1.64. The number of aromatic nitrogens is 3. The molecule has 2 heterocycles. The average molecular weight is 367 g/mol. The van der Waals surface area contributed by atoms with Gasteiger partial charge in [0.25, 0.3) is 0 Å². The van der Waals surface area contributed by atoms with Crippen LogP contribution in [0.3, 0.4) is 0 Å². The Morgan fingerprint density at radius 2 is 1.73 bits per heavy atom. The fourth-order valence-electron chi connectivity index (χ4n) is 2.78. The van der Waals surface area contributed by atoms with Crippen LogP contribution in [0, 0.1) is 0 Å². The molecule has 0 radical (unpaired) electrons. The van der Waals surface area contributed by atoms with Crippen LogP contribution in [0.15, 0.2) is 47.5 Å². The third-order valence-corrected chi connectivity index (χ3v) is 5.16. The molecule has 0 amide bonds. The van der Waals surface area contributed by atoms with Crippen molar-refractivity contribution in [2.75, 3.05) is 11.4 Å². The van der Waals surface area contributed by atoms with Crippen molar-refractivity contribution in [1.82, 2.24) is 15.0 Å². The zero-order valence-electron chi connectivity index (χ0n) is 15.7. The lowest BCUT2D eigenvalue weighted by Crippen LogP contribution is -2.27. The lowest BCUT2D eigenvalue weighted by Gasteiger charge is -2.23. The molecule has 136 valence electrons. The monoisotopic (exact) mass is 366 g/mol. The summed E-state index contributed by atoms with van der Waals surface area (Å²) in [6.07, 6.45) is 5.71. The quantitative estimate of drug-likeness (QED) is 0.570. The Hall–Kier alpha value is -2.27. The highest BCUT2D eigenvalue weighted by Gasteiger charge is 2.12. The van der Waals surface area contributed by atoms with Gasteiger partial charge in [0.2, 0.25) is 5.95 Å². The largest absolute Gasteiger partial charge is 0.336 e. The maximum atomic E-state index is 4.59. The lowest BCUT2D eigenvalue weighted by molar-refractivity contribution is 0.742. The van der Waals surface area contributed by atoms with Crippen molar-refractivity contribution in [2.24, 2.45) is 0 Å². The number of benzene rings is 1. The van der Waals surface area contributed by atoms with Crippen LogP contribution in [0.2, 0.25) is 0 Å². The standard InChI is InChI=1S/C21H26N4S/c1-4-17-11-22-21(23-12-17)25(10-9-20-14-26-15-24-20)13-18-5-7-19(8-6-18)16(2)3/h5-8,11-12,14-16H,4,9-10,13H2,1-3H3. The highest BCUT2D eigenvalue weighted by molar-refractivity contribution is 7.07. The zero-order valence-corrected chi connectivity index (χ0v) is 16.5. The van der Waals surface area contributed by atoms with Gasteiger partial charge in [0.15, 0.2) is 0 Å². The molecule has 2 aromatic heterocycles. The Balaban J connectivity index is 1.76. The third-order valence-electron chi connectivity index (χ3n) is 4.52. The fourth-order valence-corrected chi connectivity index (χ4v) is 3.38. The Morgan fingerprint density at radius 1 is 1.00 bits per heavy atom. The average Bonchev–Trinajstić information content (AvgIpc) is 3.19. The molecule has 0 aliphatic rings. The van der Waals surface area contributed by atoms with Gasteiger partial charge in [-0.2, -0.15) is 0 Å². The summed E-state index contributed by atoms with van der Waals surface area (Å²) < 4.78 is 0. The van der Waals surface area contributed by atoms with E-state index in [1.165, 1.54) is 11.1 Å². The molecule has 0 atom stereocenters. The van der Waals surface area contributed by atoms with Crippen LogP contribution in [0.25, 0.3) is 0 Å². The van der Waals surface area contributed by atoms with E-state index in [0.29, 0.717) is 5.92 Å². The van der Waals surface area contributed by atoms with Crippen molar-refractivity contribution < 1.29 is 0 Å². The molecule has 26 heavy (non-hydrogen) atoms. The molecule has 0 bridgehead atoms. The fraction of sp³-hybridized carbons (Fsp3) is 0.381. The van der Waals surface area contributed by atoms with Crippen LogP contribution in [-0.2, 0) is 19.4 Å². The van der Waals surface area contributed by atoms with E-state index < -0.39 is 0 Å². The minimum absolute atomic E-state index is 0.551. The summed E-state index contributed by atoms with van der Waals surface area (Å²) in [5.74, 6) is 1.33. The highest BCUT2D eigenvalue weighted by Crippen LogP contribution is 2.18. The van der Waals surface area contributed by atoms with Gasteiger partial charge < -0.3 is 4.90 Å². The van der Waals surface area contributed by atoms with Crippen LogP contribution in [-0.4, -0.2) is 21.5 Å². The van der Waals surface area contributed by atoms with E-state index in [-0.39, 0.29) is 0 Å². The van der Waals surface area contributed by atoms with Crippen molar-refractivity contribution in [3.8, 4) is 0 Å². The van der Waals surface area contributed by atoms with Crippen molar-refractivity contribution >= 4 is 17.3 Å². The summed E-state index contributed by atoms with van der Waals surface area (Å²) in [4.78, 5) is 15.8. The Bertz CT molecular complexity index is 780. The second-order valence-corrected chi connectivity index (χ2v) is 7.51. The first-order chi connectivity index (χ1) is 12.7. The SMILES string of the molecule is CCc1cnc(N(CCc2cscn2)Cc2ccc(C(C)C)cc2)nc1. The number of anilines is 1. The molecular formula is C21H26N4S. The summed E-state index contributed by atoms with van der Waals surface area (Å²) in [5.41, 5.74) is 6.81. The van der Waals surface area contributed by atoms with Gasteiger partial charge in [-0.3, -0.25) is 0 Å². The number of nitrogens with zero attached hydrogens (tertiary/aromatic N) is 4. The Morgan fingerprint density at radius 3 is 2.31 bits per heavy atom. The summed E-state index contributed by atoms with van der Waals surface area (Å²) in [5, 5.41) is 2.11. The first-order valence-electron chi connectivity index (χ1n) is 9.17. The van der Waals surface area contributed by atoms with E-state index >= 15 is 0 Å². The van der Waals surface area contributed by atoms with E-state index in [2.05, 4.69) is 70.3 Å². The third kappa shape index (κ3) is 4.88. The van der Waals surface area contributed by atoms with Crippen molar-refractivity contribution in [2.45, 2.75) is 46.1 Å². The van der Waals surface area contributed by atoms with E-state index in [1.54, 1.807) is 11.3 Å². The normalized spacial score (nSPS) is 11.1. The van der Waals surface area contributed by atoms with Crippen LogP contribution in [0.1, 0.15) is 49.1 Å². The van der Waals surface area contributed by atoms with Crippen molar-refractivity contribution in [3.63, 3.8) is 0 Å². The molecule has 0 unspecified atom stereocenters. The van der Waals surface area contributed by atoms with Crippen LogP contribution in [0.5, 0.6) is 0 Å². The van der Waals surface area contributed by atoms with E-state index in [9.17, 15) is 0 Å². The molecule has 0 aliphatic heterocycles. The molecule has 0 N–H and O–H groups in total. The summed E-state index contributed by atoms with van der Waals surface area (Å²) in [6, 6.07) is 8.87. The molecule has 0 fully saturated rings. The van der Waals surface area contributed by atoms with Gasteiger partial charge in [-0.15, -0.1) is 11.3 Å². The minimum atomic E-state index is 0.551. The smallest absolute Gasteiger partial charge is 0.225 e. The van der Waals surface area contributed by atoms with Gasteiger partial charge in [0.05, 0.1) is 11.2 Å². The molecular weight excluding hydrogens is 340 g/mol. The minimum Gasteiger partial charge on any atom is -0.336 e. The number of thiazole rings is 1. The van der Waals surface area contributed by atoms with Crippen molar-refractivity contribution in [3.05, 3.63) is 69.9 Å². The molecule has 1 aromatic carbocycles. The first kappa shape index (κ1) is 18.5. The maximum Gasteiger partial charge on any atom is 0.225 e. The summed E-state index contributed by atoms with van der Waals surface area (Å²) in [7, 11) is 0. The van der Waals surface area contributed by atoms with E-state index in [1.807, 2.05) is 17.9 Å². The summed E-state index contributed by atoms with van der Waals surface area (Å²) in [6.45, 7) is 8.21. The molecule has 3 aromatic rings. The van der Waals surface area contributed by atoms with Crippen LogP contribution in [0.4, 0.5) is 5.95 Å². The number of hydrogen-bond donors (Lipinski definition) is 0. The second kappa shape index (κ2) is 8.90. The molecule has 0 saturated heterocycles. The molecule has 4 nitrogen and oxygen atoms in total. The maximum absolute atomic E-state index is 4.59. The molecule has 3 rings (SSSR count). The van der Waals surface area contributed by atoms with Gasteiger partial charge in [-0.05, 0) is 29.0 Å². The van der Waals surface area contributed by atoms with Gasteiger partial charge in [0, 0.05) is 37.3 Å². The molecule has 0 aliphatic carbocycles. The zero-order chi connectivity index (χ0) is 18.4. The first-order valence-corrected chi connectivity index (χ1v) is 10.1. The Labute approximate surface area is 160 Å². The van der Waals surface area contributed by atoms with Gasteiger partial charge in [-0.1, -0.05) is 45.0 Å². The highest BCUT2D eigenvalue weighted by atomic mass is 32.1. The Kier molecular flexibility index (Phi) is 6.34. The van der Waals surface area contributed by atoms with E-state index in [0.717, 1.165) is 43.1 Å². The topological polar surface area (TPSA) is 41.9 Å². The van der Waals surface area contributed by atoms with Crippen LogP contribution < -0.4 is 4.90 Å². The second-order valence-electron chi connectivity index (χ2n) is 6.79. The molecule has 5 heteroatoms. The molecule has 0 spiro atoms. The molecule has 0 saturated carbocycles. The van der Waals surface area contributed by atoms with Gasteiger partial charge in [-0.25, -0.2) is 15.0 Å². The van der Waals surface area contributed by atoms with Gasteiger partial charge in [0.1, 0.15) is 0 Å². The lowest BCUT2D eigenvalue weighted by atomic mass is 10.0. The number of hydrogen-bond acceptors (Lipinski definition) is 5. The predicted octanol–water partition coefficient (Wildman–Crippen LogP) is 4.87. The number of rotatable bonds is 8. The van der Waals surface area contributed by atoms with Gasteiger partial charge >= 0.3 is 0 Å². The van der Waals surface area contributed by atoms with Crippen LogP contribution >= 0.6 is 11.3 Å².